The highest BCUT2D eigenvalue weighted by Crippen LogP contribution is 2.21. The maximum absolute atomic E-state index is 11.7. The average Bonchev–Trinajstić information content (AvgIpc) is 2.60. The van der Waals surface area contributed by atoms with E-state index in [-0.39, 0.29) is 17.4 Å². The first-order valence-electron chi connectivity index (χ1n) is 5.54. The molecule has 0 fully saturated rings. The summed E-state index contributed by atoms with van der Waals surface area (Å²) in [4.78, 5) is 12.8. The van der Waals surface area contributed by atoms with Crippen molar-refractivity contribution in [3.8, 4) is 0 Å². The van der Waals surface area contributed by atoms with Crippen LogP contribution < -0.4 is 11.1 Å². The minimum absolute atomic E-state index is 0.0111. The molecule has 1 heterocycles. The van der Waals surface area contributed by atoms with Crippen molar-refractivity contribution in [2.45, 2.75) is 39.8 Å². The van der Waals surface area contributed by atoms with Crippen LogP contribution >= 0.6 is 27.3 Å². The largest absolute Gasteiger partial charge is 0.351 e. The van der Waals surface area contributed by atoms with Crippen molar-refractivity contribution in [1.82, 2.24) is 5.32 Å². The average molecular weight is 319 g/mol. The lowest BCUT2D eigenvalue weighted by molar-refractivity contribution is -0.122. The molecule has 0 spiro atoms. The number of hydrogen-bond donors (Lipinski definition) is 2. The van der Waals surface area contributed by atoms with Crippen molar-refractivity contribution in [1.29, 1.82) is 0 Å². The number of carbonyl (C=O) groups excluding carboxylic acids is 1. The third kappa shape index (κ3) is 5.19. The Bertz CT molecular complexity index is 384. The maximum atomic E-state index is 11.7. The lowest BCUT2D eigenvalue weighted by Crippen LogP contribution is -2.39. The number of halogens is 1. The van der Waals surface area contributed by atoms with Crippen LogP contribution in [0.15, 0.2) is 15.9 Å². The second-order valence-corrected chi connectivity index (χ2v) is 7.10. The summed E-state index contributed by atoms with van der Waals surface area (Å²) >= 11 is 5.01. The van der Waals surface area contributed by atoms with E-state index >= 15 is 0 Å². The van der Waals surface area contributed by atoms with Gasteiger partial charge in [0.15, 0.2) is 0 Å². The summed E-state index contributed by atoms with van der Waals surface area (Å²) in [7, 11) is 0. The molecule has 1 aromatic heterocycles. The fraction of sp³-hybridized carbons (Fsp3) is 0.583. The Morgan fingerprint density at radius 2 is 2.24 bits per heavy atom. The highest BCUT2D eigenvalue weighted by molar-refractivity contribution is 9.10. The van der Waals surface area contributed by atoms with Crippen LogP contribution in [-0.4, -0.2) is 11.9 Å². The summed E-state index contributed by atoms with van der Waals surface area (Å²) in [5.74, 6) is 0.0111. The van der Waals surface area contributed by atoms with Gasteiger partial charge in [0.25, 0.3) is 0 Å². The van der Waals surface area contributed by atoms with Gasteiger partial charge in [-0.3, -0.25) is 4.79 Å². The topological polar surface area (TPSA) is 55.1 Å². The van der Waals surface area contributed by atoms with E-state index in [0.717, 1.165) is 9.35 Å². The Labute approximate surface area is 115 Å². The molecule has 1 aromatic rings. The number of rotatable bonds is 4. The minimum atomic E-state index is -0.113. The van der Waals surface area contributed by atoms with E-state index in [2.05, 4.69) is 21.2 Å². The zero-order chi connectivity index (χ0) is 13.1. The Morgan fingerprint density at radius 1 is 1.59 bits per heavy atom. The normalized spacial score (nSPS) is 13.5. The molecule has 1 rings (SSSR count). The molecule has 5 heteroatoms. The molecule has 0 saturated heterocycles. The highest BCUT2D eigenvalue weighted by Gasteiger charge is 2.22. The van der Waals surface area contributed by atoms with E-state index in [1.807, 2.05) is 32.2 Å². The summed E-state index contributed by atoms with van der Waals surface area (Å²) in [5, 5.41) is 4.89. The third-order valence-electron chi connectivity index (χ3n) is 2.60. The molecule has 0 aliphatic carbocycles. The van der Waals surface area contributed by atoms with Gasteiger partial charge >= 0.3 is 0 Å². The molecule has 3 nitrogen and oxygen atoms in total. The standard InChI is InChI=1S/C12H19BrN2OS/c1-12(2,3)10(14)5-11(16)15-6-9-4-8(13)7-17-9/h4,7,10H,5-6,14H2,1-3H3,(H,15,16). The Morgan fingerprint density at radius 3 is 2.71 bits per heavy atom. The van der Waals surface area contributed by atoms with Gasteiger partial charge < -0.3 is 11.1 Å². The molecule has 0 saturated carbocycles. The summed E-state index contributed by atoms with van der Waals surface area (Å²) in [5.41, 5.74) is 5.92. The van der Waals surface area contributed by atoms with Gasteiger partial charge in [-0.15, -0.1) is 11.3 Å². The number of carbonyl (C=O) groups is 1. The van der Waals surface area contributed by atoms with Crippen LogP contribution in [0.25, 0.3) is 0 Å². The van der Waals surface area contributed by atoms with Gasteiger partial charge in [0.2, 0.25) is 5.91 Å². The lowest BCUT2D eigenvalue weighted by atomic mass is 9.85. The smallest absolute Gasteiger partial charge is 0.221 e. The van der Waals surface area contributed by atoms with Gasteiger partial charge in [0, 0.05) is 27.2 Å². The van der Waals surface area contributed by atoms with E-state index in [0.29, 0.717) is 13.0 Å². The van der Waals surface area contributed by atoms with E-state index in [1.54, 1.807) is 11.3 Å². The Balaban J connectivity index is 2.36. The zero-order valence-corrected chi connectivity index (χ0v) is 12.8. The summed E-state index contributed by atoms with van der Waals surface area (Å²) < 4.78 is 1.05. The lowest BCUT2D eigenvalue weighted by Gasteiger charge is -2.26. The minimum Gasteiger partial charge on any atom is -0.351 e. The molecule has 1 amide bonds. The van der Waals surface area contributed by atoms with Crippen molar-refractivity contribution in [3.63, 3.8) is 0 Å². The van der Waals surface area contributed by atoms with Gasteiger partial charge in [0.1, 0.15) is 0 Å². The molecule has 0 aliphatic rings. The number of nitrogens with two attached hydrogens (primary N) is 1. The summed E-state index contributed by atoms with van der Waals surface area (Å²) in [6.45, 7) is 6.70. The van der Waals surface area contributed by atoms with Gasteiger partial charge in [0.05, 0.1) is 6.54 Å². The maximum Gasteiger partial charge on any atom is 0.221 e. The molecule has 1 atom stereocenters. The van der Waals surface area contributed by atoms with Gasteiger partial charge in [-0.1, -0.05) is 20.8 Å². The van der Waals surface area contributed by atoms with Crippen LogP contribution in [0.1, 0.15) is 32.1 Å². The fourth-order valence-corrected chi connectivity index (χ4v) is 2.60. The van der Waals surface area contributed by atoms with E-state index in [9.17, 15) is 4.79 Å². The molecule has 0 bridgehead atoms. The third-order valence-corrected chi connectivity index (χ3v) is 4.30. The molecule has 0 aliphatic heterocycles. The molecule has 3 N–H and O–H groups in total. The van der Waals surface area contributed by atoms with Crippen LogP contribution in [0.4, 0.5) is 0 Å². The van der Waals surface area contributed by atoms with E-state index < -0.39 is 0 Å². The second-order valence-electron chi connectivity index (χ2n) is 5.18. The van der Waals surface area contributed by atoms with Gasteiger partial charge in [-0.2, -0.15) is 0 Å². The van der Waals surface area contributed by atoms with Crippen LogP contribution in [-0.2, 0) is 11.3 Å². The first-order chi connectivity index (χ1) is 7.79. The predicted molar refractivity (Wildman–Crippen MR) is 75.9 cm³/mol. The predicted octanol–water partition coefficient (Wildman–Crippen LogP) is 2.89. The van der Waals surface area contributed by atoms with E-state index in [1.165, 1.54) is 0 Å². The molecule has 17 heavy (non-hydrogen) atoms. The zero-order valence-electron chi connectivity index (χ0n) is 10.4. The first kappa shape index (κ1) is 14.7. The number of nitrogens with one attached hydrogen (secondary N) is 1. The molecular formula is C12H19BrN2OS. The monoisotopic (exact) mass is 318 g/mol. The highest BCUT2D eigenvalue weighted by atomic mass is 79.9. The molecule has 0 radical (unpaired) electrons. The van der Waals surface area contributed by atoms with Crippen LogP contribution in [0.3, 0.4) is 0 Å². The SMILES string of the molecule is CC(C)(C)C(N)CC(=O)NCc1cc(Br)cs1. The number of amides is 1. The second kappa shape index (κ2) is 5.98. The van der Waals surface area contributed by atoms with Crippen LogP contribution in [0, 0.1) is 5.41 Å². The van der Waals surface area contributed by atoms with Crippen molar-refractivity contribution in [2.75, 3.05) is 0 Å². The Kier molecular flexibility index (Phi) is 5.16. The first-order valence-corrected chi connectivity index (χ1v) is 7.21. The van der Waals surface area contributed by atoms with E-state index in [4.69, 9.17) is 5.73 Å². The summed E-state index contributed by atoms with van der Waals surface area (Å²) in [6.07, 6.45) is 0.371. The van der Waals surface area contributed by atoms with Crippen molar-refractivity contribution < 1.29 is 4.79 Å². The Hall–Kier alpha value is -0.390. The quantitative estimate of drug-likeness (QED) is 0.896. The molecular weight excluding hydrogens is 300 g/mol. The molecule has 0 aromatic carbocycles. The molecule has 1 unspecified atom stereocenters. The van der Waals surface area contributed by atoms with Crippen molar-refractivity contribution >= 4 is 33.2 Å². The van der Waals surface area contributed by atoms with Crippen molar-refractivity contribution in [3.05, 3.63) is 20.8 Å². The van der Waals surface area contributed by atoms with Gasteiger partial charge in [-0.05, 0) is 27.4 Å². The summed E-state index contributed by atoms with van der Waals surface area (Å²) in [6, 6.07) is 1.90. The van der Waals surface area contributed by atoms with Crippen LogP contribution in [0.2, 0.25) is 0 Å². The van der Waals surface area contributed by atoms with Gasteiger partial charge in [-0.25, -0.2) is 0 Å². The fourth-order valence-electron chi connectivity index (χ4n) is 1.21. The number of hydrogen-bond acceptors (Lipinski definition) is 3. The molecule has 96 valence electrons. The van der Waals surface area contributed by atoms with Crippen LogP contribution in [0.5, 0.6) is 0 Å². The number of thiophene rings is 1. The van der Waals surface area contributed by atoms with Crippen molar-refractivity contribution in [2.24, 2.45) is 11.1 Å².